The maximum atomic E-state index is 12.5. The number of imidazole rings is 1. The number of carbonyl (C=O) groups is 1. The van der Waals surface area contributed by atoms with E-state index in [1.807, 2.05) is 36.4 Å². The van der Waals surface area contributed by atoms with Gasteiger partial charge in [0.25, 0.3) is 5.91 Å². The molecule has 1 fully saturated rings. The van der Waals surface area contributed by atoms with Crippen LogP contribution in [0.4, 0.5) is 5.95 Å². The van der Waals surface area contributed by atoms with Crippen LogP contribution in [0.25, 0.3) is 11.0 Å². The van der Waals surface area contributed by atoms with Crippen molar-refractivity contribution in [1.29, 1.82) is 0 Å². The molecule has 0 aliphatic heterocycles. The average molecular weight is 421 g/mol. The van der Waals surface area contributed by atoms with Crippen LogP contribution in [0, 0.1) is 0 Å². The van der Waals surface area contributed by atoms with Crippen molar-refractivity contribution in [3.8, 4) is 0 Å². The minimum Gasteiger partial charge on any atom is -0.394 e. The lowest BCUT2D eigenvalue weighted by Crippen LogP contribution is -2.34. The predicted octanol–water partition coefficient (Wildman–Crippen LogP) is 4.65. The summed E-state index contributed by atoms with van der Waals surface area (Å²) >= 11 is 0. The van der Waals surface area contributed by atoms with Crippen molar-refractivity contribution in [2.75, 3.05) is 11.9 Å². The van der Waals surface area contributed by atoms with Crippen LogP contribution >= 0.6 is 0 Å². The summed E-state index contributed by atoms with van der Waals surface area (Å²) in [6.45, 7) is 2.40. The van der Waals surface area contributed by atoms with Crippen LogP contribution in [-0.4, -0.2) is 33.2 Å². The third kappa shape index (κ3) is 5.07. The summed E-state index contributed by atoms with van der Waals surface area (Å²) in [6, 6.07) is 16.2. The van der Waals surface area contributed by atoms with Crippen molar-refractivity contribution >= 4 is 22.9 Å². The maximum absolute atomic E-state index is 12.5. The van der Waals surface area contributed by atoms with Gasteiger partial charge in [0.2, 0.25) is 5.95 Å². The molecule has 6 nitrogen and oxygen atoms in total. The highest BCUT2D eigenvalue weighted by Crippen LogP contribution is 2.34. The molecule has 1 saturated carbocycles. The van der Waals surface area contributed by atoms with Gasteiger partial charge in [-0.3, -0.25) is 4.79 Å². The molecule has 164 valence electrons. The molecular formula is C25H32N4O2. The van der Waals surface area contributed by atoms with Gasteiger partial charge in [-0.2, -0.15) is 0 Å². The molecule has 0 saturated heterocycles. The van der Waals surface area contributed by atoms with Crippen LogP contribution in [-0.2, 0) is 6.54 Å². The molecule has 1 heterocycles. The molecule has 6 heteroatoms. The van der Waals surface area contributed by atoms with E-state index in [1.54, 1.807) is 6.92 Å². The molecule has 1 unspecified atom stereocenters. The quantitative estimate of drug-likeness (QED) is 0.486. The third-order valence-electron chi connectivity index (χ3n) is 6.09. The zero-order chi connectivity index (χ0) is 21.6. The van der Waals surface area contributed by atoms with Gasteiger partial charge in [0.05, 0.1) is 17.6 Å². The van der Waals surface area contributed by atoms with Gasteiger partial charge in [-0.25, -0.2) is 4.98 Å². The summed E-state index contributed by atoms with van der Waals surface area (Å²) in [5.41, 5.74) is 3.66. The van der Waals surface area contributed by atoms with Crippen molar-refractivity contribution in [3.63, 3.8) is 0 Å². The second kappa shape index (κ2) is 9.96. The number of aliphatic hydroxyl groups excluding tert-OH is 1. The molecule has 31 heavy (non-hydrogen) atoms. The number of aromatic nitrogens is 2. The first-order valence-electron chi connectivity index (χ1n) is 11.4. The van der Waals surface area contributed by atoms with E-state index in [0.717, 1.165) is 29.8 Å². The molecule has 1 aromatic heterocycles. The fourth-order valence-electron chi connectivity index (χ4n) is 4.38. The SMILES string of the molecule is CC(CO)NC(=O)c1ccc2c(c1)nc(NCc1ccccc1)n2C1CCCCCC1. The molecule has 1 amide bonds. The lowest BCUT2D eigenvalue weighted by atomic mass is 10.1. The van der Waals surface area contributed by atoms with E-state index in [0.29, 0.717) is 18.2 Å². The van der Waals surface area contributed by atoms with Crippen LogP contribution in [0.1, 0.15) is 67.4 Å². The highest BCUT2D eigenvalue weighted by Gasteiger charge is 2.21. The molecule has 1 aliphatic carbocycles. The van der Waals surface area contributed by atoms with Crippen LogP contribution in [0.15, 0.2) is 48.5 Å². The Balaban J connectivity index is 1.67. The molecule has 2 aromatic carbocycles. The molecule has 4 rings (SSSR count). The van der Waals surface area contributed by atoms with Crippen LogP contribution < -0.4 is 10.6 Å². The second-order valence-corrected chi connectivity index (χ2v) is 8.55. The number of fused-ring (bicyclic) bond motifs is 1. The first-order chi connectivity index (χ1) is 15.2. The number of aliphatic hydroxyl groups is 1. The summed E-state index contributed by atoms with van der Waals surface area (Å²) in [7, 11) is 0. The Morgan fingerprint density at radius 2 is 1.87 bits per heavy atom. The number of anilines is 1. The number of hydrogen-bond donors (Lipinski definition) is 3. The van der Waals surface area contributed by atoms with E-state index in [9.17, 15) is 9.90 Å². The van der Waals surface area contributed by atoms with E-state index in [-0.39, 0.29) is 18.6 Å². The molecule has 3 aromatic rings. The summed E-state index contributed by atoms with van der Waals surface area (Å²) in [4.78, 5) is 17.4. The average Bonchev–Trinajstić information content (AvgIpc) is 2.95. The first kappa shape index (κ1) is 21.4. The minimum absolute atomic E-state index is 0.0855. The number of carbonyl (C=O) groups excluding carboxylic acids is 1. The normalized spacial score (nSPS) is 16.1. The fourth-order valence-corrected chi connectivity index (χ4v) is 4.38. The first-order valence-corrected chi connectivity index (χ1v) is 11.4. The molecule has 1 atom stereocenters. The molecular weight excluding hydrogens is 388 g/mol. The Kier molecular flexibility index (Phi) is 6.87. The van der Waals surface area contributed by atoms with Crippen LogP contribution in [0.5, 0.6) is 0 Å². The molecule has 0 spiro atoms. The Bertz CT molecular complexity index is 1010. The van der Waals surface area contributed by atoms with Gasteiger partial charge in [-0.15, -0.1) is 0 Å². The van der Waals surface area contributed by atoms with Crippen molar-refractivity contribution < 1.29 is 9.90 Å². The highest BCUT2D eigenvalue weighted by molar-refractivity contribution is 5.97. The van der Waals surface area contributed by atoms with E-state index >= 15 is 0 Å². The Hall–Kier alpha value is -2.86. The lowest BCUT2D eigenvalue weighted by Gasteiger charge is -2.20. The third-order valence-corrected chi connectivity index (χ3v) is 6.09. The van der Waals surface area contributed by atoms with Crippen molar-refractivity contribution in [2.24, 2.45) is 0 Å². The van der Waals surface area contributed by atoms with Crippen molar-refractivity contribution in [1.82, 2.24) is 14.9 Å². The minimum atomic E-state index is -0.283. The Labute approximate surface area is 183 Å². The molecule has 1 aliphatic rings. The Morgan fingerprint density at radius 1 is 1.13 bits per heavy atom. The smallest absolute Gasteiger partial charge is 0.251 e. The molecule has 3 N–H and O–H groups in total. The number of amides is 1. The maximum Gasteiger partial charge on any atom is 0.251 e. The van der Waals surface area contributed by atoms with E-state index in [4.69, 9.17) is 4.98 Å². The van der Waals surface area contributed by atoms with Gasteiger partial charge in [-0.05, 0) is 43.5 Å². The second-order valence-electron chi connectivity index (χ2n) is 8.55. The van der Waals surface area contributed by atoms with Crippen LogP contribution in [0.3, 0.4) is 0 Å². The summed E-state index contributed by atoms with van der Waals surface area (Å²) in [6.07, 6.45) is 7.38. The summed E-state index contributed by atoms with van der Waals surface area (Å²) < 4.78 is 2.35. The fraction of sp³-hybridized carbons (Fsp3) is 0.440. The lowest BCUT2D eigenvalue weighted by molar-refractivity contribution is 0.0922. The zero-order valence-corrected chi connectivity index (χ0v) is 18.2. The van der Waals surface area contributed by atoms with E-state index in [2.05, 4.69) is 27.3 Å². The largest absolute Gasteiger partial charge is 0.394 e. The van der Waals surface area contributed by atoms with Crippen molar-refractivity contribution in [3.05, 3.63) is 59.7 Å². The highest BCUT2D eigenvalue weighted by atomic mass is 16.3. The van der Waals surface area contributed by atoms with Gasteiger partial charge in [0.1, 0.15) is 0 Å². The topological polar surface area (TPSA) is 79.2 Å². The van der Waals surface area contributed by atoms with Gasteiger partial charge in [0, 0.05) is 24.2 Å². The van der Waals surface area contributed by atoms with Gasteiger partial charge >= 0.3 is 0 Å². The van der Waals surface area contributed by atoms with E-state index in [1.165, 1.54) is 31.2 Å². The van der Waals surface area contributed by atoms with Crippen LogP contribution in [0.2, 0.25) is 0 Å². The number of nitrogens with one attached hydrogen (secondary N) is 2. The summed E-state index contributed by atoms with van der Waals surface area (Å²) in [5.74, 6) is 0.679. The number of nitrogens with zero attached hydrogens (tertiary/aromatic N) is 2. The Morgan fingerprint density at radius 3 is 2.58 bits per heavy atom. The number of benzene rings is 2. The predicted molar refractivity (Wildman–Crippen MR) is 124 cm³/mol. The molecule has 0 radical (unpaired) electrons. The zero-order valence-electron chi connectivity index (χ0n) is 18.2. The van der Waals surface area contributed by atoms with Gasteiger partial charge in [0.15, 0.2) is 0 Å². The van der Waals surface area contributed by atoms with E-state index < -0.39 is 0 Å². The van der Waals surface area contributed by atoms with Gasteiger partial charge in [-0.1, -0.05) is 56.0 Å². The standard InChI is InChI=1S/C25H32N4O2/c1-18(17-30)27-24(31)20-13-14-23-22(15-20)28-25(26-16-19-9-5-4-6-10-19)29(23)21-11-7-2-3-8-12-21/h4-6,9-10,13-15,18,21,30H,2-3,7-8,11-12,16-17H2,1H3,(H,26,28)(H,27,31). The van der Waals surface area contributed by atoms with Gasteiger partial charge < -0.3 is 20.3 Å². The monoisotopic (exact) mass is 420 g/mol. The molecule has 0 bridgehead atoms. The number of rotatable bonds is 7. The summed E-state index contributed by atoms with van der Waals surface area (Å²) in [5, 5.41) is 15.6. The number of hydrogen-bond acceptors (Lipinski definition) is 4. The van der Waals surface area contributed by atoms with Crippen molar-refractivity contribution in [2.45, 2.75) is 64.1 Å².